The van der Waals surface area contributed by atoms with Crippen molar-refractivity contribution in [3.05, 3.63) is 83.9 Å². The molecule has 0 radical (unpaired) electrons. The molecule has 194 valence electrons. The average Bonchev–Trinajstić information content (AvgIpc) is 2.91. The summed E-state index contributed by atoms with van der Waals surface area (Å²) in [5.74, 6) is -1.98. The molecule has 0 bridgehead atoms. The van der Waals surface area contributed by atoms with Crippen molar-refractivity contribution >= 4 is 29.2 Å². The van der Waals surface area contributed by atoms with E-state index in [2.05, 4.69) is 17.6 Å². The van der Waals surface area contributed by atoms with Crippen molar-refractivity contribution in [2.45, 2.75) is 39.0 Å². The van der Waals surface area contributed by atoms with Crippen LogP contribution in [0.5, 0.6) is 0 Å². The van der Waals surface area contributed by atoms with E-state index in [1.54, 1.807) is 12.1 Å². The highest BCUT2D eigenvalue weighted by Gasteiger charge is 2.21. The predicted molar refractivity (Wildman–Crippen MR) is 146 cm³/mol. The van der Waals surface area contributed by atoms with Crippen LogP contribution in [0.2, 0.25) is 0 Å². The quantitative estimate of drug-likeness (QED) is 0.227. The summed E-state index contributed by atoms with van der Waals surface area (Å²) in [7, 11) is 1.50. The van der Waals surface area contributed by atoms with Crippen molar-refractivity contribution in [1.29, 1.82) is 0 Å². The summed E-state index contributed by atoms with van der Waals surface area (Å²) in [6.45, 7) is 2.46. The standard InChI is InChI=1S/C30H34N2O5/c1-3-4-5-21-6-14-26(15-7-21)31-30(36)32-27-16-12-23(13-17-27)22-8-10-24(11-9-22)28(33)20-25(29(34)35)18-19-37-2/h6-17,25H,3-5,18-20H2,1-2H3,(H,34,35)(H2,31,32,36). The van der Waals surface area contributed by atoms with Gasteiger partial charge in [0.25, 0.3) is 0 Å². The smallest absolute Gasteiger partial charge is 0.323 e. The lowest BCUT2D eigenvalue weighted by Gasteiger charge is -2.11. The molecule has 0 spiro atoms. The Morgan fingerprint density at radius 3 is 1.89 bits per heavy atom. The summed E-state index contributed by atoms with van der Waals surface area (Å²) in [5, 5.41) is 15.0. The molecule has 1 unspecified atom stereocenters. The molecule has 0 fully saturated rings. The summed E-state index contributed by atoms with van der Waals surface area (Å²) in [4.78, 5) is 36.3. The van der Waals surface area contributed by atoms with E-state index in [1.165, 1.54) is 12.7 Å². The molecule has 7 nitrogen and oxygen atoms in total. The molecule has 0 aliphatic heterocycles. The fourth-order valence-electron chi connectivity index (χ4n) is 3.94. The number of nitrogens with one attached hydrogen (secondary N) is 2. The van der Waals surface area contributed by atoms with Gasteiger partial charge in [-0.3, -0.25) is 9.59 Å². The minimum Gasteiger partial charge on any atom is -0.481 e. The zero-order valence-electron chi connectivity index (χ0n) is 21.3. The number of anilines is 2. The number of unbranched alkanes of at least 4 members (excludes halogenated alkanes) is 1. The largest absolute Gasteiger partial charge is 0.481 e. The van der Waals surface area contributed by atoms with Crippen LogP contribution in [0.15, 0.2) is 72.8 Å². The number of carboxylic acid groups (broad SMARTS) is 1. The molecule has 0 aliphatic rings. The highest BCUT2D eigenvalue weighted by Crippen LogP contribution is 2.23. The number of ether oxygens (including phenoxy) is 1. The number of hydrogen-bond donors (Lipinski definition) is 3. The Morgan fingerprint density at radius 2 is 1.38 bits per heavy atom. The predicted octanol–water partition coefficient (Wildman–Crippen LogP) is 6.65. The van der Waals surface area contributed by atoms with Crippen LogP contribution >= 0.6 is 0 Å². The van der Waals surface area contributed by atoms with Crippen molar-refractivity contribution in [3.63, 3.8) is 0 Å². The normalized spacial score (nSPS) is 11.5. The van der Waals surface area contributed by atoms with E-state index in [1.807, 2.05) is 60.7 Å². The number of amides is 2. The molecule has 37 heavy (non-hydrogen) atoms. The molecule has 1 atom stereocenters. The lowest BCUT2D eigenvalue weighted by Crippen LogP contribution is -2.19. The van der Waals surface area contributed by atoms with E-state index in [0.29, 0.717) is 24.3 Å². The molecular formula is C30H34N2O5. The number of carbonyl (C=O) groups excluding carboxylic acids is 2. The van der Waals surface area contributed by atoms with Gasteiger partial charge >= 0.3 is 12.0 Å². The van der Waals surface area contributed by atoms with Crippen molar-refractivity contribution in [1.82, 2.24) is 0 Å². The Kier molecular flexibility index (Phi) is 10.4. The molecule has 0 saturated heterocycles. The van der Waals surface area contributed by atoms with Gasteiger partial charge in [-0.15, -0.1) is 0 Å². The Morgan fingerprint density at radius 1 is 0.838 bits per heavy atom. The van der Waals surface area contributed by atoms with E-state index in [0.717, 1.165) is 36.1 Å². The highest BCUT2D eigenvalue weighted by atomic mass is 16.5. The lowest BCUT2D eigenvalue weighted by atomic mass is 9.94. The summed E-state index contributed by atoms with van der Waals surface area (Å²) in [6.07, 6.45) is 3.56. The summed E-state index contributed by atoms with van der Waals surface area (Å²) in [5.41, 5.74) is 4.95. The number of ketones is 1. The van der Waals surface area contributed by atoms with Gasteiger partial charge in [-0.25, -0.2) is 4.79 Å². The minimum absolute atomic E-state index is 0.0660. The van der Waals surface area contributed by atoms with Crippen LogP contribution in [0.4, 0.5) is 16.2 Å². The van der Waals surface area contributed by atoms with Crippen molar-refractivity contribution in [2.24, 2.45) is 5.92 Å². The highest BCUT2D eigenvalue weighted by molar-refractivity contribution is 6.00. The third-order valence-electron chi connectivity index (χ3n) is 6.17. The fraction of sp³-hybridized carbons (Fsp3) is 0.300. The van der Waals surface area contributed by atoms with Crippen molar-refractivity contribution < 1.29 is 24.2 Å². The van der Waals surface area contributed by atoms with E-state index in [4.69, 9.17) is 4.74 Å². The van der Waals surface area contributed by atoms with Crippen LogP contribution in [0, 0.1) is 5.92 Å². The van der Waals surface area contributed by atoms with Crippen molar-refractivity contribution in [3.8, 4) is 11.1 Å². The first kappa shape index (κ1) is 27.6. The van der Waals surface area contributed by atoms with Crippen LogP contribution in [-0.2, 0) is 16.0 Å². The Labute approximate surface area is 217 Å². The van der Waals surface area contributed by atoms with Gasteiger partial charge in [0.15, 0.2) is 5.78 Å². The maximum absolute atomic E-state index is 12.6. The third-order valence-corrected chi connectivity index (χ3v) is 6.17. The van der Waals surface area contributed by atoms with Gasteiger partial charge in [0.05, 0.1) is 5.92 Å². The summed E-state index contributed by atoms with van der Waals surface area (Å²) < 4.78 is 4.94. The Bertz CT molecular complexity index is 1170. The number of aryl methyl sites for hydroxylation is 1. The molecule has 3 rings (SSSR count). The third kappa shape index (κ3) is 8.58. The number of Topliss-reactive ketones (excluding diaryl/α,β-unsaturated/α-hetero) is 1. The summed E-state index contributed by atoms with van der Waals surface area (Å²) in [6, 6.07) is 22.0. The molecule has 2 amide bonds. The summed E-state index contributed by atoms with van der Waals surface area (Å²) >= 11 is 0. The average molecular weight is 503 g/mol. The first-order valence-electron chi connectivity index (χ1n) is 12.5. The van der Waals surface area contributed by atoms with E-state index in [9.17, 15) is 19.5 Å². The number of hydrogen-bond acceptors (Lipinski definition) is 4. The van der Waals surface area contributed by atoms with Gasteiger partial charge in [-0.2, -0.15) is 0 Å². The van der Waals surface area contributed by atoms with Crippen LogP contribution in [0.3, 0.4) is 0 Å². The van der Waals surface area contributed by atoms with E-state index < -0.39 is 11.9 Å². The number of carbonyl (C=O) groups is 3. The minimum atomic E-state index is -0.996. The number of benzene rings is 3. The molecule has 3 aromatic carbocycles. The molecule has 3 N–H and O–H groups in total. The van der Waals surface area contributed by atoms with Crippen LogP contribution in [0.1, 0.15) is 48.5 Å². The maximum Gasteiger partial charge on any atom is 0.323 e. The van der Waals surface area contributed by atoms with Gasteiger partial charge in [0.1, 0.15) is 0 Å². The SMILES string of the molecule is CCCCc1ccc(NC(=O)Nc2ccc(-c3ccc(C(=O)CC(CCOC)C(=O)O)cc3)cc2)cc1. The number of rotatable bonds is 13. The second kappa shape index (κ2) is 13.9. The molecular weight excluding hydrogens is 468 g/mol. The molecule has 0 saturated carbocycles. The first-order chi connectivity index (χ1) is 17.9. The van der Waals surface area contributed by atoms with Gasteiger partial charge < -0.3 is 20.5 Å². The van der Waals surface area contributed by atoms with E-state index in [-0.39, 0.29) is 18.2 Å². The lowest BCUT2D eigenvalue weighted by molar-refractivity contribution is -0.142. The zero-order valence-corrected chi connectivity index (χ0v) is 21.3. The Hall–Kier alpha value is -3.97. The second-order valence-corrected chi connectivity index (χ2v) is 8.98. The Balaban J connectivity index is 1.55. The molecule has 7 heteroatoms. The van der Waals surface area contributed by atoms with Crippen LogP contribution in [-0.4, -0.2) is 36.6 Å². The maximum atomic E-state index is 12.6. The monoisotopic (exact) mass is 502 g/mol. The topological polar surface area (TPSA) is 105 Å². The van der Waals surface area contributed by atoms with Gasteiger partial charge in [0, 0.05) is 37.1 Å². The van der Waals surface area contributed by atoms with Gasteiger partial charge in [0.2, 0.25) is 0 Å². The molecule has 0 aromatic heterocycles. The van der Waals surface area contributed by atoms with Crippen LogP contribution < -0.4 is 10.6 Å². The first-order valence-corrected chi connectivity index (χ1v) is 12.5. The van der Waals surface area contributed by atoms with Gasteiger partial charge in [-0.1, -0.05) is 61.9 Å². The van der Waals surface area contributed by atoms with Crippen molar-refractivity contribution in [2.75, 3.05) is 24.4 Å². The number of aliphatic carboxylic acids is 1. The number of urea groups is 1. The number of methoxy groups -OCH3 is 1. The number of carboxylic acids is 1. The zero-order chi connectivity index (χ0) is 26.6. The van der Waals surface area contributed by atoms with Gasteiger partial charge in [-0.05, 0) is 60.2 Å². The fourth-order valence-corrected chi connectivity index (χ4v) is 3.94. The van der Waals surface area contributed by atoms with E-state index >= 15 is 0 Å². The second-order valence-electron chi connectivity index (χ2n) is 8.98. The molecule has 0 aliphatic carbocycles. The molecule has 3 aromatic rings. The molecule has 0 heterocycles. The van der Waals surface area contributed by atoms with Crippen LogP contribution in [0.25, 0.3) is 11.1 Å².